The molecule has 0 N–H and O–H groups in total. The molecule has 5 nitrogen and oxygen atoms in total. The summed E-state index contributed by atoms with van der Waals surface area (Å²) in [5.41, 5.74) is 1.61. The first-order valence-corrected chi connectivity index (χ1v) is 5.11. The monoisotopic (exact) mass is 201 g/mol. The summed E-state index contributed by atoms with van der Waals surface area (Å²) in [5, 5.41) is 0. The number of fused-ring (bicyclic) bond motifs is 1. The molecule has 3 rings (SSSR count). The van der Waals surface area contributed by atoms with E-state index in [9.17, 15) is 0 Å². The van der Waals surface area contributed by atoms with Crippen LogP contribution < -0.4 is 4.90 Å². The van der Waals surface area contributed by atoms with Crippen LogP contribution in [-0.4, -0.2) is 33.0 Å². The first-order chi connectivity index (χ1) is 7.43. The van der Waals surface area contributed by atoms with Crippen molar-refractivity contribution in [1.29, 1.82) is 0 Å². The molecule has 0 aromatic carbocycles. The van der Waals surface area contributed by atoms with Crippen LogP contribution in [0.25, 0.3) is 11.0 Å². The van der Waals surface area contributed by atoms with E-state index in [1.54, 1.807) is 12.4 Å². The van der Waals surface area contributed by atoms with Crippen LogP contribution in [0.2, 0.25) is 0 Å². The van der Waals surface area contributed by atoms with Gasteiger partial charge in [-0.25, -0.2) is 19.9 Å². The van der Waals surface area contributed by atoms with Crippen molar-refractivity contribution in [2.75, 3.05) is 18.0 Å². The molecule has 76 valence electrons. The molecule has 0 aliphatic carbocycles. The van der Waals surface area contributed by atoms with E-state index in [0.717, 1.165) is 30.1 Å². The van der Waals surface area contributed by atoms with Crippen LogP contribution in [0.3, 0.4) is 0 Å². The van der Waals surface area contributed by atoms with Crippen molar-refractivity contribution in [3.8, 4) is 0 Å². The van der Waals surface area contributed by atoms with E-state index in [4.69, 9.17) is 0 Å². The summed E-state index contributed by atoms with van der Waals surface area (Å²) in [6.45, 7) is 2.11. The third-order valence-electron chi connectivity index (χ3n) is 2.63. The Hall–Kier alpha value is -1.78. The fourth-order valence-electron chi connectivity index (χ4n) is 1.84. The number of hydrogen-bond acceptors (Lipinski definition) is 5. The van der Waals surface area contributed by atoms with Gasteiger partial charge in [0.25, 0.3) is 0 Å². The highest BCUT2D eigenvalue weighted by atomic mass is 15.3. The molecule has 3 heterocycles. The molecule has 0 saturated carbocycles. The van der Waals surface area contributed by atoms with E-state index in [1.807, 2.05) is 0 Å². The highest BCUT2D eigenvalue weighted by Crippen LogP contribution is 2.16. The molecule has 0 bridgehead atoms. The summed E-state index contributed by atoms with van der Waals surface area (Å²) in [6.07, 6.45) is 7.46. The Bertz CT molecular complexity index is 478. The van der Waals surface area contributed by atoms with Gasteiger partial charge in [0.1, 0.15) is 17.4 Å². The largest absolute Gasteiger partial charge is 0.341 e. The normalized spacial score (nSPS) is 16.1. The lowest BCUT2D eigenvalue weighted by Gasteiger charge is -2.14. The van der Waals surface area contributed by atoms with Crippen molar-refractivity contribution < 1.29 is 0 Å². The van der Waals surface area contributed by atoms with Gasteiger partial charge in [0, 0.05) is 13.1 Å². The Labute approximate surface area is 87.2 Å². The summed E-state index contributed by atoms with van der Waals surface area (Å²) in [4.78, 5) is 19.0. The van der Waals surface area contributed by atoms with E-state index in [2.05, 4.69) is 24.8 Å². The fraction of sp³-hybridized carbons (Fsp3) is 0.400. The van der Waals surface area contributed by atoms with Gasteiger partial charge in [-0.2, -0.15) is 0 Å². The third kappa shape index (κ3) is 1.49. The predicted molar refractivity (Wildman–Crippen MR) is 56.6 cm³/mol. The van der Waals surface area contributed by atoms with Gasteiger partial charge < -0.3 is 4.90 Å². The summed E-state index contributed by atoms with van der Waals surface area (Å²) in [6, 6.07) is 0. The van der Waals surface area contributed by atoms with Crippen molar-refractivity contribution in [1.82, 2.24) is 19.9 Å². The van der Waals surface area contributed by atoms with Crippen molar-refractivity contribution in [2.24, 2.45) is 0 Å². The molecule has 0 spiro atoms. The molecule has 15 heavy (non-hydrogen) atoms. The number of anilines is 1. The lowest BCUT2D eigenvalue weighted by molar-refractivity contribution is 0.905. The van der Waals surface area contributed by atoms with Crippen LogP contribution >= 0.6 is 0 Å². The molecule has 1 saturated heterocycles. The van der Waals surface area contributed by atoms with Gasteiger partial charge in [0.2, 0.25) is 5.95 Å². The second kappa shape index (κ2) is 3.42. The number of rotatable bonds is 1. The zero-order chi connectivity index (χ0) is 10.1. The zero-order valence-corrected chi connectivity index (χ0v) is 8.30. The Morgan fingerprint density at radius 2 is 1.87 bits per heavy atom. The van der Waals surface area contributed by atoms with Crippen molar-refractivity contribution in [2.45, 2.75) is 12.8 Å². The quantitative estimate of drug-likeness (QED) is 0.689. The van der Waals surface area contributed by atoms with Gasteiger partial charge in [-0.1, -0.05) is 0 Å². The van der Waals surface area contributed by atoms with Crippen LogP contribution in [0.5, 0.6) is 0 Å². The molecular weight excluding hydrogens is 190 g/mol. The second-order valence-corrected chi connectivity index (χ2v) is 3.66. The first-order valence-electron chi connectivity index (χ1n) is 5.11. The van der Waals surface area contributed by atoms with Crippen LogP contribution in [-0.2, 0) is 0 Å². The molecule has 0 amide bonds. The van der Waals surface area contributed by atoms with Crippen LogP contribution in [0.1, 0.15) is 12.8 Å². The molecule has 5 heteroatoms. The smallest absolute Gasteiger partial charge is 0.226 e. The van der Waals surface area contributed by atoms with Gasteiger partial charge in [-0.3, -0.25) is 0 Å². The Morgan fingerprint density at radius 3 is 2.73 bits per heavy atom. The van der Waals surface area contributed by atoms with E-state index in [-0.39, 0.29) is 0 Å². The molecule has 1 aliphatic heterocycles. The molecule has 0 radical (unpaired) electrons. The first kappa shape index (κ1) is 8.52. The molecule has 2 aromatic heterocycles. The highest BCUT2D eigenvalue weighted by molar-refractivity contribution is 5.72. The van der Waals surface area contributed by atoms with Gasteiger partial charge in [0.15, 0.2) is 0 Å². The summed E-state index contributed by atoms with van der Waals surface area (Å²) >= 11 is 0. The maximum Gasteiger partial charge on any atom is 0.226 e. The molecule has 0 atom stereocenters. The maximum absolute atomic E-state index is 4.45. The van der Waals surface area contributed by atoms with Crippen molar-refractivity contribution in [3.05, 3.63) is 18.7 Å². The predicted octanol–water partition coefficient (Wildman–Crippen LogP) is 1.02. The van der Waals surface area contributed by atoms with Gasteiger partial charge in [-0.05, 0) is 12.8 Å². The minimum atomic E-state index is 0.799. The Morgan fingerprint density at radius 1 is 1.00 bits per heavy atom. The van der Waals surface area contributed by atoms with Crippen molar-refractivity contribution >= 4 is 17.0 Å². The molecule has 2 aromatic rings. The SMILES string of the molecule is c1ncc2nc(N3CCCC3)ncc2n1. The molecule has 0 unspecified atom stereocenters. The van der Waals surface area contributed by atoms with E-state index in [0.29, 0.717) is 0 Å². The fourth-order valence-corrected chi connectivity index (χ4v) is 1.84. The Kier molecular flexibility index (Phi) is 1.94. The van der Waals surface area contributed by atoms with Gasteiger partial charge in [0.05, 0.1) is 12.4 Å². The van der Waals surface area contributed by atoms with Crippen molar-refractivity contribution in [3.63, 3.8) is 0 Å². The minimum absolute atomic E-state index is 0.799. The standard InChI is InChI=1S/C10H11N5/c1-2-4-15(3-1)10-12-6-8-9(14-10)5-11-7-13-8/h5-7H,1-4H2. The van der Waals surface area contributed by atoms with E-state index in [1.165, 1.54) is 19.2 Å². The number of hydrogen-bond donors (Lipinski definition) is 0. The van der Waals surface area contributed by atoms with Crippen LogP contribution in [0.15, 0.2) is 18.7 Å². The Balaban J connectivity index is 2.05. The van der Waals surface area contributed by atoms with E-state index >= 15 is 0 Å². The highest BCUT2D eigenvalue weighted by Gasteiger charge is 2.14. The summed E-state index contributed by atoms with van der Waals surface area (Å²) in [5.74, 6) is 0.801. The zero-order valence-electron chi connectivity index (χ0n) is 8.30. The number of aromatic nitrogens is 4. The third-order valence-corrected chi connectivity index (χ3v) is 2.63. The minimum Gasteiger partial charge on any atom is -0.341 e. The number of nitrogens with zero attached hydrogens (tertiary/aromatic N) is 5. The summed E-state index contributed by atoms with van der Waals surface area (Å²) < 4.78 is 0. The summed E-state index contributed by atoms with van der Waals surface area (Å²) in [7, 11) is 0. The molecule has 1 aliphatic rings. The molecule has 1 fully saturated rings. The van der Waals surface area contributed by atoms with Crippen LogP contribution in [0, 0.1) is 0 Å². The lowest BCUT2D eigenvalue weighted by Crippen LogP contribution is -2.20. The van der Waals surface area contributed by atoms with Crippen LogP contribution in [0.4, 0.5) is 5.95 Å². The lowest BCUT2D eigenvalue weighted by atomic mass is 10.4. The maximum atomic E-state index is 4.45. The average Bonchev–Trinajstić information content (AvgIpc) is 2.82. The topological polar surface area (TPSA) is 54.8 Å². The van der Waals surface area contributed by atoms with E-state index < -0.39 is 0 Å². The van der Waals surface area contributed by atoms with Gasteiger partial charge in [-0.15, -0.1) is 0 Å². The molecular formula is C10H11N5. The van der Waals surface area contributed by atoms with Gasteiger partial charge >= 0.3 is 0 Å². The second-order valence-electron chi connectivity index (χ2n) is 3.66. The average molecular weight is 201 g/mol.